The lowest BCUT2D eigenvalue weighted by Crippen LogP contribution is -2.14. The zero-order chi connectivity index (χ0) is 14.3. The van der Waals surface area contributed by atoms with E-state index in [-0.39, 0.29) is 17.4 Å². The highest BCUT2D eigenvalue weighted by atomic mass is 32.2. The SMILES string of the molecule is COc1ccc2nc(N)n(CC3CCS(=O)(=O)C3)c2c1. The average Bonchev–Trinajstić information content (AvgIpc) is 2.90. The van der Waals surface area contributed by atoms with Crippen LogP contribution in [-0.2, 0) is 16.4 Å². The first kappa shape index (κ1) is 13.2. The van der Waals surface area contributed by atoms with Gasteiger partial charge in [0, 0.05) is 12.6 Å². The molecule has 1 saturated heterocycles. The molecule has 7 heteroatoms. The summed E-state index contributed by atoms with van der Waals surface area (Å²) in [5.41, 5.74) is 7.63. The minimum absolute atomic E-state index is 0.103. The first-order chi connectivity index (χ1) is 9.48. The van der Waals surface area contributed by atoms with Crippen molar-refractivity contribution in [3.63, 3.8) is 0 Å². The number of sulfone groups is 1. The molecule has 1 aromatic carbocycles. The molecule has 2 N–H and O–H groups in total. The van der Waals surface area contributed by atoms with Crippen LogP contribution in [0.4, 0.5) is 5.95 Å². The minimum Gasteiger partial charge on any atom is -0.497 e. The van der Waals surface area contributed by atoms with E-state index >= 15 is 0 Å². The molecule has 108 valence electrons. The number of ether oxygens (including phenoxy) is 1. The summed E-state index contributed by atoms with van der Waals surface area (Å²) in [6.45, 7) is 0.578. The number of hydrogen-bond donors (Lipinski definition) is 1. The van der Waals surface area contributed by atoms with Gasteiger partial charge < -0.3 is 15.0 Å². The molecule has 0 saturated carbocycles. The Morgan fingerprint density at radius 1 is 1.50 bits per heavy atom. The predicted octanol–water partition coefficient (Wildman–Crippen LogP) is 1.06. The van der Waals surface area contributed by atoms with Crippen LogP contribution >= 0.6 is 0 Å². The van der Waals surface area contributed by atoms with Gasteiger partial charge in [0.15, 0.2) is 9.84 Å². The number of imidazole rings is 1. The second kappa shape index (κ2) is 4.66. The van der Waals surface area contributed by atoms with Crippen LogP contribution in [0.3, 0.4) is 0 Å². The Labute approximate surface area is 117 Å². The van der Waals surface area contributed by atoms with Crippen molar-refractivity contribution in [2.24, 2.45) is 5.92 Å². The summed E-state index contributed by atoms with van der Waals surface area (Å²) >= 11 is 0. The Morgan fingerprint density at radius 3 is 2.95 bits per heavy atom. The fourth-order valence-electron chi connectivity index (χ4n) is 2.71. The molecule has 0 bridgehead atoms. The standard InChI is InChI=1S/C13H17N3O3S/c1-19-10-2-3-11-12(6-10)16(13(14)15-11)7-9-4-5-20(17,18)8-9/h2-3,6,9H,4-5,7-8H2,1H3,(H2,14,15). The molecule has 0 amide bonds. The normalized spacial score (nSPS) is 21.4. The number of methoxy groups -OCH3 is 1. The highest BCUT2D eigenvalue weighted by molar-refractivity contribution is 7.91. The smallest absolute Gasteiger partial charge is 0.201 e. The molecule has 0 spiro atoms. The summed E-state index contributed by atoms with van der Waals surface area (Å²) in [5, 5.41) is 0. The Hall–Kier alpha value is -1.76. The number of fused-ring (bicyclic) bond motifs is 1. The van der Waals surface area contributed by atoms with Gasteiger partial charge in [-0.15, -0.1) is 0 Å². The topological polar surface area (TPSA) is 87.2 Å². The maximum Gasteiger partial charge on any atom is 0.201 e. The molecule has 2 heterocycles. The van der Waals surface area contributed by atoms with Gasteiger partial charge in [-0.1, -0.05) is 0 Å². The van der Waals surface area contributed by atoms with E-state index in [1.807, 2.05) is 22.8 Å². The Kier molecular flexibility index (Phi) is 3.08. The largest absolute Gasteiger partial charge is 0.497 e. The summed E-state index contributed by atoms with van der Waals surface area (Å²) in [7, 11) is -1.27. The van der Waals surface area contributed by atoms with Gasteiger partial charge in [-0.05, 0) is 24.5 Å². The molecule has 1 fully saturated rings. The maximum absolute atomic E-state index is 11.5. The number of nitrogens with two attached hydrogens (primary N) is 1. The maximum atomic E-state index is 11.5. The number of rotatable bonds is 3. The van der Waals surface area contributed by atoms with E-state index in [2.05, 4.69) is 4.98 Å². The van der Waals surface area contributed by atoms with Gasteiger partial charge in [-0.3, -0.25) is 0 Å². The monoisotopic (exact) mass is 295 g/mol. The van der Waals surface area contributed by atoms with Gasteiger partial charge in [0.2, 0.25) is 5.95 Å². The predicted molar refractivity (Wildman–Crippen MR) is 77.5 cm³/mol. The molecule has 1 aromatic heterocycles. The van der Waals surface area contributed by atoms with Crippen LogP contribution in [0.5, 0.6) is 5.75 Å². The van der Waals surface area contributed by atoms with Gasteiger partial charge in [0.25, 0.3) is 0 Å². The van der Waals surface area contributed by atoms with Crippen molar-refractivity contribution in [3.05, 3.63) is 18.2 Å². The first-order valence-corrected chi connectivity index (χ1v) is 8.31. The van der Waals surface area contributed by atoms with Crippen molar-refractivity contribution in [2.45, 2.75) is 13.0 Å². The van der Waals surface area contributed by atoms with E-state index in [9.17, 15) is 8.42 Å². The number of benzene rings is 1. The summed E-state index contributed by atoms with van der Waals surface area (Å²) in [6, 6.07) is 5.56. The van der Waals surface area contributed by atoms with E-state index in [0.29, 0.717) is 18.9 Å². The molecule has 1 atom stereocenters. The van der Waals surface area contributed by atoms with Crippen molar-refractivity contribution in [3.8, 4) is 5.75 Å². The Balaban J connectivity index is 1.96. The van der Waals surface area contributed by atoms with E-state index in [4.69, 9.17) is 10.5 Å². The van der Waals surface area contributed by atoms with Crippen molar-refractivity contribution in [1.29, 1.82) is 0 Å². The van der Waals surface area contributed by atoms with Gasteiger partial charge in [0.05, 0.1) is 29.6 Å². The van der Waals surface area contributed by atoms with Crippen LogP contribution in [0.15, 0.2) is 18.2 Å². The third-order valence-electron chi connectivity index (χ3n) is 3.75. The van der Waals surface area contributed by atoms with Crippen molar-refractivity contribution < 1.29 is 13.2 Å². The zero-order valence-electron chi connectivity index (χ0n) is 11.2. The average molecular weight is 295 g/mol. The Morgan fingerprint density at radius 2 is 2.30 bits per heavy atom. The van der Waals surface area contributed by atoms with Crippen molar-refractivity contribution in [1.82, 2.24) is 9.55 Å². The lowest BCUT2D eigenvalue weighted by Gasteiger charge is -2.11. The molecule has 20 heavy (non-hydrogen) atoms. The highest BCUT2D eigenvalue weighted by Crippen LogP contribution is 2.27. The molecule has 0 aliphatic carbocycles. The fraction of sp³-hybridized carbons (Fsp3) is 0.462. The summed E-state index contributed by atoms with van der Waals surface area (Å²) in [4.78, 5) is 4.30. The van der Waals surface area contributed by atoms with Gasteiger partial charge in [0.1, 0.15) is 5.75 Å². The third-order valence-corrected chi connectivity index (χ3v) is 5.59. The van der Waals surface area contributed by atoms with E-state index in [0.717, 1.165) is 16.8 Å². The second-order valence-electron chi connectivity index (χ2n) is 5.20. The first-order valence-electron chi connectivity index (χ1n) is 6.49. The quantitative estimate of drug-likeness (QED) is 0.915. The van der Waals surface area contributed by atoms with E-state index in [1.54, 1.807) is 7.11 Å². The van der Waals surface area contributed by atoms with E-state index in [1.165, 1.54) is 0 Å². The summed E-state index contributed by atoms with van der Waals surface area (Å²) in [5.74, 6) is 1.75. The lowest BCUT2D eigenvalue weighted by atomic mass is 10.1. The number of nitrogens with zero attached hydrogens (tertiary/aromatic N) is 2. The molecule has 2 aromatic rings. The van der Waals surface area contributed by atoms with Crippen LogP contribution in [0.1, 0.15) is 6.42 Å². The van der Waals surface area contributed by atoms with Crippen molar-refractivity contribution >= 4 is 26.8 Å². The van der Waals surface area contributed by atoms with Crippen LogP contribution < -0.4 is 10.5 Å². The van der Waals surface area contributed by atoms with Crippen LogP contribution in [-0.4, -0.2) is 36.6 Å². The Bertz CT molecular complexity index is 752. The molecule has 0 radical (unpaired) electrons. The number of nitrogen functional groups attached to an aromatic ring is 1. The third kappa shape index (κ3) is 2.33. The van der Waals surface area contributed by atoms with Gasteiger partial charge in [-0.25, -0.2) is 13.4 Å². The number of hydrogen-bond acceptors (Lipinski definition) is 5. The van der Waals surface area contributed by atoms with Gasteiger partial charge >= 0.3 is 0 Å². The fourth-order valence-corrected chi connectivity index (χ4v) is 4.56. The molecule has 1 aliphatic rings. The molecular formula is C13H17N3O3S. The molecule has 1 unspecified atom stereocenters. The second-order valence-corrected chi connectivity index (χ2v) is 7.43. The summed E-state index contributed by atoms with van der Waals surface area (Å²) < 4.78 is 30.2. The van der Waals surface area contributed by atoms with Crippen LogP contribution in [0.25, 0.3) is 11.0 Å². The molecular weight excluding hydrogens is 278 g/mol. The van der Waals surface area contributed by atoms with E-state index < -0.39 is 9.84 Å². The number of aromatic nitrogens is 2. The minimum atomic E-state index is -2.88. The van der Waals surface area contributed by atoms with Crippen LogP contribution in [0.2, 0.25) is 0 Å². The lowest BCUT2D eigenvalue weighted by molar-refractivity contribution is 0.415. The molecule has 6 nitrogen and oxygen atoms in total. The van der Waals surface area contributed by atoms with Gasteiger partial charge in [-0.2, -0.15) is 0 Å². The summed E-state index contributed by atoms with van der Waals surface area (Å²) in [6.07, 6.45) is 0.686. The molecule has 3 rings (SSSR count). The zero-order valence-corrected chi connectivity index (χ0v) is 12.1. The highest BCUT2D eigenvalue weighted by Gasteiger charge is 2.28. The van der Waals surface area contributed by atoms with Crippen LogP contribution in [0, 0.1) is 5.92 Å². The molecule has 1 aliphatic heterocycles. The van der Waals surface area contributed by atoms with Crippen molar-refractivity contribution in [2.75, 3.05) is 24.3 Å². The number of anilines is 1.